The van der Waals surface area contributed by atoms with E-state index in [1.54, 1.807) is 12.1 Å². The molecule has 0 saturated heterocycles. The zero-order valence-electron chi connectivity index (χ0n) is 13.3. The molecule has 8 heteroatoms. The Hall–Kier alpha value is -2.28. The molecule has 0 fully saturated rings. The molecule has 0 unspecified atom stereocenters. The van der Waals surface area contributed by atoms with Gasteiger partial charge in [0, 0.05) is 16.1 Å². The van der Waals surface area contributed by atoms with Gasteiger partial charge >= 0.3 is 0 Å². The van der Waals surface area contributed by atoms with Crippen molar-refractivity contribution in [1.29, 1.82) is 0 Å². The summed E-state index contributed by atoms with van der Waals surface area (Å²) in [6, 6.07) is 7.63. The van der Waals surface area contributed by atoms with Crippen LogP contribution >= 0.6 is 23.2 Å². The first kappa shape index (κ1) is 17.1. The highest BCUT2D eigenvalue weighted by Gasteiger charge is 2.48. The van der Waals surface area contributed by atoms with Gasteiger partial charge in [-0.2, -0.15) is 0 Å². The van der Waals surface area contributed by atoms with E-state index in [0.717, 1.165) is 0 Å². The predicted molar refractivity (Wildman–Crippen MR) is 95.4 cm³/mol. The summed E-state index contributed by atoms with van der Waals surface area (Å²) in [7, 11) is 0. The van der Waals surface area contributed by atoms with Crippen molar-refractivity contribution in [3.8, 4) is 11.5 Å². The monoisotopic (exact) mass is 393 g/mol. The summed E-state index contributed by atoms with van der Waals surface area (Å²) in [5, 5.41) is 13.9. The number of carbonyl (C=O) groups is 2. The number of carbonyl (C=O) groups excluding carboxylic acids is 2. The van der Waals surface area contributed by atoms with Crippen molar-refractivity contribution in [2.24, 2.45) is 0 Å². The number of aliphatic hydroxyl groups is 1. The van der Waals surface area contributed by atoms with E-state index in [1.165, 1.54) is 18.2 Å². The summed E-state index contributed by atoms with van der Waals surface area (Å²) in [4.78, 5) is 25.1. The van der Waals surface area contributed by atoms with Crippen LogP contribution in [0.1, 0.15) is 22.3 Å². The van der Waals surface area contributed by atoms with Gasteiger partial charge in [-0.15, -0.1) is 0 Å². The Morgan fingerprint density at radius 3 is 2.65 bits per heavy atom. The summed E-state index contributed by atoms with van der Waals surface area (Å²) < 4.78 is 10.9. The number of amides is 1. The highest BCUT2D eigenvalue weighted by atomic mass is 35.5. The van der Waals surface area contributed by atoms with Crippen molar-refractivity contribution in [3.05, 3.63) is 51.5 Å². The lowest BCUT2D eigenvalue weighted by molar-refractivity contribution is -0.133. The molecule has 4 rings (SSSR count). The smallest absolute Gasteiger partial charge is 0.261 e. The predicted octanol–water partition coefficient (Wildman–Crippen LogP) is 3.18. The molecule has 0 spiro atoms. The van der Waals surface area contributed by atoms with E-state index in [4.69, 9.17) is 32.7 Å². The van der Waals surface area contributed by atoms with Gasteiger partial charge in [-0.05, 0) is 30.3 Å². The Labute approximate surface area is 158 Å². The first-order valence-corrected chi connectivity index (χ1v) is 8.60. The largest absolute Gasteiger partial charge is 0.486 e. The number of hydrogen-bond acceptors (Lipinski definition) is 5. The summed E-state index contributed by atoms with van der Waals surface area (Å²) in [6.45, 7) is 0.832. The highest BCUT2D eigenvalue weighted by molar-refractivity contribution is 6.36. The van der Waals surface area contributed by atoms with Crippen LogP contribution < -0.4 is 14.8 Å². The normalized spacial score (nSPS) is 20.5. The van der Waals surface area contributed by atoms with Crippen molar-refractivity contribution in [3.63, 3.8) is 0 Å². The van der Waals surface area contributed by atoms with Crippen LogP contribution in [0.25, 0.3) is 0 Å². The van der Waals surface area contributed by atoms with Gasteiger partial charge in [-0.1, -0.05) is 23.2 Å². The Morgan fingerprint density at radius 1 is 1.15 bits per heavy atom. The van der Waals surface area contributed by atoms with Crippen LogP contribution in [-0.4, -0.2) is 30.0 Å². The first-order chi connectivity index (χ1) is 12.4. The van der Waals surface area contributed by atoms with Gasteiger partial charge in [-0.25, -0.2) is 0 Å². The number of nitrogens with one attached hydrogen (secondary N) is 1. The van der Waals surface area contributed by atoms with Gasteiger partial charge in [0.25, 0.3) is 5.91 Å². The van der Waals surface area contributed by atoms with Gasteiger partial charge in [-0.3, -0.25) is 9.59 Å². The number of rotatable bonds is 3. The van der Waals surface area contributed by atoms with Gasteiger partial charge in [0.05, 0.1) is 17.1 Å². The molecule has 26 heavy (non-hydrogen) atoms. The van der Waals surface area contributed by atoms with Crippen molar-refractivity contribution in [2.45, 2.75) is 12.0 Å². The summed E-state index contributed by atoms with van der Waals surface area (Å²) in [6.07, 6.45) is -0.465. The Bertz CT molecular complexity index is 945. The zero-order chi connectivity index (χ0) is 18.5. The van der Waals surface area contributed by atoms with E-state index >= 15 is 0 Å². The standard InChI is InChI=1S/C18H13Cl2NO5/c19-10-6-11(20)16-12(7-10)21-17(23)18(16,24)8-13(22)9-1-2-14-15(5-9)26-4-3-25-14/h1-2,5-7,24H,3-4,8H2,(H,21,23)/t18-/m0/s1. The molecule has 0 bridgehead atoms. The molecule has 0 aliphatic carbocycles. The van der Waals surface area contributed by atoms with E-state index in [1.807, 2.05) is 0 Å². The lowest BCUT2D eigenvalue weighted by Crippen LogP contribution is -2.36. The molecule has 2 aromatic rings. The van der Waals surface area contributed by atoms with Crippen LogP contribution in [0.2, 0.25) is 10.0 Å². The molecule has 2 aliphatic heterocycles. The minimum atomic E-state index is -2.07. The SMILES string of the molecule is O=C(C[C@@]1(O)C(=O)Nc2cc(Cl)cc(Cl)c21)c1ccc2c(c1)OCCO2. The number of hydrogen-bond donors (Lipinski definition) is 2. The number of ketones is 1. The second kappa shape index (κ2) is 6.16. The van der Waals surface area contributed by atoms with Crippen molar-refractivity contribution >= 4 is 40.6 Å². The summed E-state index contributed by atoms with van der Waals surface area (Å²) in [5.41, 5.74) is -1.32. The quantitative estimate of drug-likeness (QED) is 0.782. The number of ether oxygens (including phenoxy) is 2. The minimum absolute atomic E-state index is 0.114. The summed E-state index contributed by atoms with van der Waals surface area (Å²) in [5.74, 6) is -0.149. The van der Waals surface area contributed by atoms with Crippen molar-refractivity contribution in [1.82, 2.24) is 0 Å². The Morgan fingerprint density at radius 2 is 1.88 bits per heavy atom. The van der Waals surface area contributed by atoms with E-state index in [9.17, 15) is 14.7 Å². The Kier molecular flexibility index (Phi) is 4.06. The molecular formula is C18H13Cl2NO5. The lowest BCUT2D eigenvalue weighted by Gasteiger charge is -2.22. The van der Waals surface area contributed by atoms with Crippen LogP contribution in [0.4, 0.5) is 5.69 Å². The van der Waals surface area contributed by atoms with Gasteiger partial charge in [0.1, 0.15) is 13.2 Å². The van der Waals surface area contributed by atoms with Gasteiger partial charge in [0.2, 0.25) is 0 Å². The molecule has 0 aromatic heterocycles. The Balaban J connectivity index is 1.67. The van der Waals surface area contributed by atoms with Crippen LogP contribution in [0.15, 0.2) is 30.3 Å². The van der Waals surface area contributed by atoms with E-state index in [0.29, 0.717) is 41.0 Å². The van der Waals surface area contributed by atoms with Crippen molar-refractivity contribution < 1.29 is 24.2 Å². The average molecular weight is 394 g/mol. The maximum Gasteiger partial charge on any atom is 0.261 e. The summed E-state index contributed by atoms with van der Waals surface area (Å²) >= 11 is 12.1. The number of halogens is 2. The van der Waals surface area contributed by atoms with Crippen LogP contribution in [0, 0.1) is 0 Å². The third-order valence-corrected chi connectivity index (χ3v) is 4.89. The minimum Gasteiger partial charge on any atom is -0.486 e. The van der Waals surface area contributed by atoms with Gasteiger partial charge in [0.15, 0.2) is 22.9 Å². The number of fused-ring (bicyclic) bond motifs is 2. The molecule has 2 N–H and O–H groups in total. The molecular weight excluding hydrogens is 381 g/mol. The van der Waals surface area contributed by atoms with Crippen molar-refractivity contribution in [2.75, 3.05) is 18.5 Å². The zero-order valence-corrected chi connectivity index (χ0v) is 14.9. The first-order valence-electron chi connectivity index (χ1n) is 7.85. The maximum absolute atomic E-state index is 12.7. The second-order valence-corrected chi connectivity index (χ2v) is 6.93. The fraction of sp³-hybridized carbons (Fsp3) is 0.222. The lowest BCUT2D eigenvalue weighted by atomic mass is 9.88. The van der Waals surface area contributed by atoms with E-state index < -0.39 is 23.7 Å². The van der Waals surface area contributed by atoms with Crippen LogP contribution in [0.5, 0.6) is 11.5 Å². The third kappa shape index (κ3) is 2.70. The molecule has 2 aliphatic rings. The molecule has 1 amide bonds. The van der Waals surface area contributed by atoms with E-state index in [-0.39, 0.29) is 10.6 Å². The molecule has 134 valence electrons. The molecule has 6 nitrogen and oxygen atoms in total. The third-order valence-electron chi connectivity index (χ3n) is 4.37. The average Bonchev–Trinajstić information content (AvgIpc) is 2.84. The molecule has 0 radical (unpaired) electrons. The highest BCUT2D eigenvalue weighted by Crippen LogP contribution is 2.45. The molecule has 0 saturated carbocycles. The second-order valence-electron chi connectivity index (χ2n) is 6.08. The van der Waals surface area contributed by atoms with Gasteiger partial charge < -0.3 is 19.9 Å². The van der Waals surface area contributed by atoms with Crippen LogP contribution in [0.3, 0.4) is 0 Å². The molecule has 2 heterocycles. The topological polar surface area (TPSA) is 84.9 Å². The number of benzene rings is 2. The molecule has 2 aromatic carbocycles. The molecule has 1 atom stereocenters. The fourth-order valence-electron chi connectivity index (χ4n) is 3.15. The van der Waals surface area contributed by atoms with E-state index in [2.05, 4.69) is 5.32 Å². The maximum atomic E-state index is 12.7. The number of Topliss-reactive ketones (excluding diaryl/α,β-unsaturated/α-hetero) is 1. The fourth-order valence-corrected chi connectivity index (χ4v) is 3.80. The number of anilines is 1. The van der Waals surface area contributed by atoms with Crippen LogP contribution in [-0.2, 0) is 10.4 Å².